The Kier molecular flexibility index (Phi) is 2.26. The normalized spacial score (nSPS) is 10.6. The summed E-state index contributed by atoms with van der Waals surface area (Å²) in [6, 6.07) is 12.2. The summed E-state index contributed by atoms with van der Waals surface area (Å²) in [7, 11) is 1.81. The number of H-pyrrole nitrogens is 1. The number of rotatable bonds is 2. The predicted octanol–water partition coefficient (Wildman–Crippen LogP) is 2.67. The monoisotopic (exact) mass is 224 g/mol. The standard InChI is InChI=1S/C13H12N4/c1-14-13-15-7-6-11(17-13)12-8-9-4-2-3-5-10(9)16-12/h2-8,16H,1H3,(H,14,15,17). The van der Waals surface area contributed by atoms with Gasteiger partial charge in [-0.15, -0.1) is 0 Å². The van der Waals surface area contributed by atoms with E-state index in [4.69, 9.17) is 0 Å². The van der Waals surface area contributed by atoms with Crippen molar-refractivity contribution in [1.82, 2.24) is 15.0 Å². The van der Waals surface area contributed by atoms with Crippen LogP contribution in [0, 0.1) is 0 Å². The molecule has 2 heterocycles. The topological polar surface area (TPSA) is 53.6 Å². The van der Waals surface area contributed by atoms with Gasteiger partial charge in [0.2, 0.25) is 5.95 Å². The molecule has 17 heavy (non-hydrogen) atoms. The first kappa shape index (κ1) is 9.84. The Balaban J connectivity index is 2.13. The molecule has 2 aromatic heterocycles. The zero-order chi connectivity index (χ0) is 11.7. The van der Waals surface area contributed by atoms with Crippen molar-refractivity contribution in [2.24, 2.45) is 0 Å². The predicted molar refractivity (Wildman–Crippen MR) is 68.9 cm³/mol. The number of hydrogen-bond donors (Lipinski definition) is 2. The molecule has 4 heteroatoms. The number of nitrogens with one attached hydrogen (secondary N) is 2. The highest BCUT2D eigenvalue weighted by Crippen LogP contribution is 2.22. The molecule has 4 nitrogen and oxygen atoms in total. The maximum Gasteiger partial charge on any atom is 0.222 e. The van der Waals surface area contributed by atoms with Crippen molar-refractivity contribution in [3.05, 3.63) is 42.6 Å². The van der Waals surface area contributed by atoms with E-state index in [2.05, 4.69) is 38.5 Å². The second-order valence-corrected chi connectivity index (χ2v) is 3.79. The molecule has 3 rings (SSSR count). The third-order valence-electron chi connectivity index (χ3n) is 2.69. The van der Waals surface area contributed by atoms with Crippen LogP contribution in [0.5, 0.6) is 0 Å². The Hall–Kier alpha value is -2.36. The van der Waals surface area contributed by atoms with Crippen LogP contribution >= 0.6 is 0 Å². The second-order valence-electron chi connectivity index (χ2n) is 3.79. The molecule has 3 aromatic rings. The quantitative estimate of drug-likeness (QED) is 0.703. The van der Waals surface area contributed by atoms with Gasteiger partial charge in [-0.2, -0.15) is 0 Å². The van der Waals surface area contributed by atoms with Gasteiger partial charge in [-0.3, -0.25) is 0 Å². The van der Waals surface area contributed by atoms with E-state index in [1.54, 1.807) is 6.20 Å². The average molecular weight is 224 g/mol. The SMILES string of the molecule is CNc1nccc(-c2cc3ccccc3[nH]2)n1. The largest absolute Gasteiger partial charge is 0.357 e. The Labute approximate surface area is 98.7 Å². The van der Waals surface area contributed by atoms with Crippen LogP contribution in [0.1, 0.15) is 0 Å². The van der Waals surface area contributed by atoms with Crippen molar-refractivity contribution in [3.63, 3.8) is 0 Å². The Bertz CT molecular complexity index is 624. The number of aromatic nitrogens is 3. The fourth-order valence-corrected chi connectivity index (χ4v) is 1.84. The summed E-state index contributed by atoms with van der Waals surface area (Å²) in [4.78, 5) is 11.8. The van der Waals surface area contributed by atoms with Gasteiger partial charge in [0.15, 0.2) is 0 Å². The number of nitrogens with zero attached hydrogens (tertiary/aromatic N) is 2. The maximum atomic E-state index is 4.40. The van der Waals surface area contributed by atoms with Gasteiger partial charge in [0.05, 0.1) is 11.4 Å². The van der Waals surface area contributed by atoms with Crippen LogP contribution in [0.2, 0.25) is 0 Å². The van der Waals surface area contributed by atoms with Gasteiger partial charge >= 0.3 is 0 Å². The fraction of sp³-hybridized carbons (Fsp3) is 0.0769. The molecule has 0 saturated heterocycles. The number of fused-ring (bicyclic) bond motifs is 1. The number of aromatic amines is 1. The molecule has 2 N–H and O–H groups in total. The lowest BCUT2D eigenvalue weighted by Crippen LogP contribution is -1.96. The van der Waals surface area contributed by atoms with Crippen LogP contribution in [0.25, 0.3) is 22.3 Å². The third-order valence-corrected chi connectivity index (χ3v) is 2.69. The lowest BCUT2D eigenvalue weighted by Gasteiger charge is -2.00. The van der Waals surface area contributed by atoms with E-state index in [1.807, 2.05) is 25.2 Å². The Morgan fingerprint density at radius 2 is 2.06 bits per heavy atom. The first-order chi connectivity index (χ1) is 8.36. The Morgan fingerprint density at radius 3 is 2.88 bits per heavy atom. The summed E-state index contributed by atoms with van der Waals surface area (Å²) >= 11 is 0. The van der Waals surface area contributed by atoms with E-state index in [1.165, 1.54) is 5.39 Å². The first-order valence-electron chi connectivity index (χ1n) is 5.46. The molecule has 0 atom stereocenters. The molecule has 0 fully saturated rings. The van der Waals surface area contributed by atoms with Crippen molar-refractivity contribution >= 4 is 16.9 Å². The zero-order valence-electron chi connectivity index (χ0n) is 9.44. The highest BCUT2D eigenvalue weighted by molar-refractivity contribution is 5.85. The van der Waals surface area contributed by atoms with Crippen LogP contribution < -0.4 is 5.32 Å². The van der Waals surface area contributed by atoms with Crippen LogP contribution in [-0.2, 0) is 0 Å². The molecular formula is C13H12N4. The van der Waals surface area contributed by atoms with E-state index in [0.29, 0.717) is 5.95 Å². The summed E-state index contributed by atoms with van der Waals surface area (Å²) in [5, 5.41) is 4.12. The van der Waals surface area contributed by atoms with Crippen molar-refractivity contribution in [2.45, 2.75) is 0 Å². The van der Waals surface area contributed by atoms with Gasteiger partial charge < -0.3 is 10.3 Å². The first-order valence-corrected chi connectivity index (χ1v) is 5.46. The van der Waals surface area contributed by atoms with Crippen molar-refractivity contribution in [1.29, 1.82) is 0 Å². The van der Waals surface area contributed by atoms with Gasteiger partial charge in [0.1, 0.15) is 0 Å². The van der Waals surface area contributed by atoms with Gasteiger partial charge in [-0.25, -0.2) is 9.97 Å². The van der Waals surface area contributed by atoms with E-state index >= 15 is 0 Å². The molecule has 0 unspecified atom stereocenters. The molecule has 0 saturated carbocycles. The third kappa shape index (κ3) is 1.73. The van der Waals surface area contributed by atoms with Crippen molar-refractivity contribution < 1.29 is 0 Å². The fourth-order valence-electron chi connectivity index (χ4n) is 1.84. The van der Waals surface area contributed by atoms with E-state index in [-0.39, 0.29) is 0 Å². The molecule has 84 valence electrons. The minimum absolute atomic E-state index is 0.626. The van der Waals surface area contributed by atoms with Crippen molar-refractivity contribution in [2.75, 3.05) is 12.4 Å². The number of hydrogen-bond acceptors (Lipinski definition) is 3. The lowest BCUT2D eigenvalue weighted by molar-refractivity contribution is 1.15. The highest BCUT2D eigenvalue weighted by atomic mass is 15.1. The average Bonchev–Trinajstić information content (AvgIpc) is 2.82. The molecular weight excluding hydrogens is 212 g/mol. The second kappa shape index (κ2) is 3.90. The summed E-state index contributed by atoms with van der Waals surface area (Å²) in [6.07, 6.45) is 1.75. The zero-order valence-corrected chi connectivity index (χ0v) is 9.44. The lowest BCUT2D eigenvalue weighted by atomic mass is 10.2. The van der Waals surface area contributed by atoms with Crippen LogP contribution in [0.4, 0.5) is 5.95 Å². The van der Waals surface area contributed by atoms with Crippen LogP contribution in [0.15, 0.2) is 42.6 Å². The summed E-state index contributed by atoms with van der Waals surface area (Å²) in [5.74, 6) is 0.626. The number of para-hydroxylation sites is 1. The molecule has 0 radical (unpaired) electrons. The van der Waals surface area contributed by atoms with E-state index in [0.717, 1.165) is 16.9 Å². The van der Waals surface area contributed by atoms with Gasteiger partial charge in [-0.05, 0) is 18.2 Å². The van der Waals surface area contributed by atoms with Crippen LogP contribution in [0.3, 0.4) is 0 Å². The molecule has 0 spiro atoms. The molecule has 0 aliphatic heterocycles. The summed E-state index contributed by atoms with van der Waals surface area (Å²) in [5.41, 5.74) is 3.01. The van der Waals surface area contributed by atoms with E-state index in [9.17, 15) is 0 Å². The highest BCUT2D eigenvalue weighted by Gasteiger charge is 2.04. The summed E-state index contributed by atoms with van der Waals surface area (Å²) in [6.45, 7) is 0. The van der Waals surface area contributed by atoms with Crippen molar-refractivity contribution in [3.8, 4) is 11.4 Å². The number of anilines is 1. The maximum absolute atomic E-state index is 4.40. The molecule has 0 bridgehead atoms. The van der Waals surface area contributed by atoms with Crippen LogP contribution in [-0.4, -0.2) is 22.0 Å². The van der Waals surface area contributed by atoms with Gasteiger partial charge in [0, 0.05) is 24.1 Å². The van der Waals surface area contributed by atoms with E-state index < -0.39 is 0 Å². The minimum Gasteiger partial charge on any atom is -0.357 e. The molecule has 0 amide bonds. The molecule has 1 aromatic carbocycles. The number of benzene rings is 1. The molecule has 0 aliphatic rings. The molecule has 0 aliphatic carbocycles. The van der Waals surface area contributed by atoms with Gasteiger partial charge in [0.25, 0.3) is 0 Å². The summed E-state index contributed by atoms with van der Waals surface area (Å²) < 4.78 is 0. The minimum atomic E-state index is 0.626. The smallest absolute Gasteiger partial charge is 0.222 e. The van der Waals surface area contributed by atoms with Gasteiger partial charge in [-0.1, -0.05) is 18.2 Å². The Morgan fingerprint density at radius 1 is 1.18 bits per heavy atom.